The average Bonchev–Trinajstić information content (AvgIpc) is 3.30. The van der Waals surface area contributed by atoms with Crippen LogP contribution in [-0.4, -0.2) is 23.7 Å². The lowest BCUT2D eigenvalue weighted by Gasteiger charge is -2.13. The normalized spacial score (nSPS) is 12.1. The number of imidazole rings is 1. The SMILES string of the molecule is CC(C)c1ncc2c(=O)n(C)c(Oc3ccc(-c4cn(C)nc4C(F)(F)F)cc3)cn12. The standard InChI is InChI=1S/C21H20F3N5O2/c1-12(2)19-25-9-16-20(30)28(4)17(11-29(16)19)31-14-7-5-13(6-8-14)15-10-27(3)26-18(15)21(22,23)24/h5-12H,1-4H3. The van der Waals surface area contributed by atoms with Crippen molar-refractivity contribution in [3.63, 3.8) is 0 Å². The Bertz CT molecular complexity index is 1310. The average molecular weight is 431 g/mol. The molecule has 0 N–H and O–H groups in total. The van der Waals surface area contributed by atoms with E-state index in [0.29, 0.717) is 16.8 Å². The molecule has 0 spiro atoms. The second kappa shape index (κ2) is 7.29. The van der Waals surface area contributed by atoms with E-state index in [9.17, 15) is 18.0 Å². The summed E-state index contributed by atoms with van der Waals surface area (Å²) in [5.41, 5.74) is -0.439. The van der Waals surface area contributed by atoms with E-state index < -0.39 is 11.9 Å². The monoisotopic (exact) mass is 431 g/mol. The van der Waals surface area contributed by atoms with Gasteiger partial charge in [-0.15, -0.1) is 0 Å². The van der Waals surface area contributed by atoms with E-state index in [1.807, 2.05) is 13.8 Å². The van der Waals surface area contributed by atoms with Crippen LogP contribution in [0.1, 0.15) is 31.3 Å². The number of hydrogen-bond donors (Lipinski definition) is 0. The molecular formula is C21H20F3N5O2. The fourth-order valence-electron chi connectivity index (χ4n) is 3.39. The van der Waals surface area contributed by atoms with Crippen LogP contribution in [0, 0.1) is 0 Å². The Morgan fingerprint density at radius 2 is 1.74 bits per heavy atom. The number of hydrogen-bond acceptors (Lipinski definition) is 4. The molecule has 3 aromatic heterocycles. The summed E-state index contributed by atoms with van der Waals surface area (Å²) in [5.74, 6) is 1.48. The zero-order valence-corrected chi connectivity index (χ0v) is 17.3. The molecule has 0 bridgehead atoms. The first kappa shape index (κ1) is 20.7. The number of aromatic nitrogens is 5. The number of benzene rings is 1. The number of aryl methyl sites for hydroxylation is 1. The van der Waals surface area contributed by atoms with E-state index in [4.69, 9.17) is 4.74 Å². The summed E-state index contributed by atoms with van der Waals surface area (Å²) < 4.78 is 49.8. The molecule has 0 unspecified atom stereocenters. The van der Waals surface area contributed by atoms with Gasteiger partial charge in [0.15, 0.2) is 5.69 Å². The van der Waals surface area contributed by atoms with Crippen LogP contribution in [0.3, 0.4) is 0 Å². The van der Waals surface area contributed by atoms with E-state index >= 15 is 0 Å². The van der Waals surface area contributed by atoms with Crippen molar-refractivity contribution in [2.45, 2.75) is 25.9 Å². The highest BCUT2D eigenvalue weighted by Gasteiger charge is 2.37. The lowest BCUT2D eigenvalue weighted by Crippen LogP contribution is -2.20. The Kier molecular flexibility index (Phi) is 4.87. The quantitative estimate of drug-likeness (QED) is 0.481. The van der Waals surface area contributed by atoms with Gasteiger partial charge in [-0.3, -0.25) is 18.4 Å². The van der Waals surface area contributed by atoms with Crippen molar-refractivity contribution >= 4 is 5.52 Å². The van der Waals surface area contributed by atoms with Crippen molar-refractivity contribution in [2.24, 2.45) is 14.1 Å². The van der Waals surface area contributed by atoms with Crippen LogP contribution in [-0.2, 0) is 20.3 Å². The van der Waals surface area contributed by atoms with Crippen LogP contribution in [0.5, 0.6) is 11.6 Å². The highest BCUT2D eigenvalue weighted by molar-refractivity contribution is 5.66. The molecule has 0 aliphatic carbocycles. The summed E-state index contributed by atoms with van der Waals surface area (Å²) in [6, 6.07) is 6.15. The zero-order valence-electron chi connectivity index (χ0n) is 17.3. The molecule has 0 aliphatic rings. The molecule has 162 valence electrons. The summed E-state index contributed by atoms with van der Waals surface area (Å²) in [5, 5.41) is 3.53. The second-order valence-electron chi connectivity index (χ2n) is 7.55. The largest absolute Gasteiger partial charge is 0.439 e. The molecule has 0 aliphatic heterocycles. The molecule has 3 heterocycles. The first-order valence-electron chi connectivity index (χ1n) is 9.52. The van der Waals surface area contributed by atoms with Crippen molar-refractivity contribution in [3.8, 4) is 22.8 Å². The number of nitrogens with zero attached hydrogens (tertiary/aromatic N) is 5. The first-order chi connectivity index (χ1) is 14.6. The van der Waals surface area contributed by atoms with Gasteiger partial charge < -0.3 is 4.74 Å². The maximum Gasteiger partial charge on any atom is 0.435 e. The third-order valence-corrected chi connectivity index (χ3v) is 4.92. The summed E-state index contributed by atoms with van der Waals surface area (Å²) in [7, 11) is 3.02. The van der Waals surface area contributed by atoms with Gasteiger partial charge in [-0.05, 0) is 17.7 Å². The Morgan fingerprint density at radius 1 is 1.06 bits per heavy atom. The van der Waals surface area contributed by atoms with Gasteiger partial charge in [-0.25, -0.2) is 4.98 Å². The Balaban J connectivity index is 1.69. The van der Waals surface area contributed by atoms with Gasteiger partial charge in [-0.1, -0.05) is 26.0 Å². The molecule has 4 rings (SSSR count). The van der Waals surface area contributed by atoms with E-state index in [1.54, 1.807) is 29.8 Å². The highest BCUT2D eigenvalue weighted by atomic mass is 19.4. The highest BCUT2D eigenvalue weighted by Crippen LogP contribution is 2.36. The van der Waals surface area contributed by atoms with E-state index in [0.717, 1.165) is 10.5 Å². The summed E-state index contributed by atoms with van der Waals surface area (Å²) in [4.78, 5) is 17.0. The number of halogens is 3. The molecule has 10 heteroatoms. The number of fused-ring (bicyclic) bond motifs is 1. The molecule has 0 saturated carbocycles. The maximum atomic E-state index is 13.2. The van der Waals surface area contributed by atoms with Crippen molar-refractivity contribution in [3.05, 3.63) is 64.7 Å². The van der Waals surface area contributed by atoms with Gasteiger partial charge in [0.25, 0.3) is 5.56 Å². The number of ether oxygens (including phenoxy) is 1. The third kappa shape index (κ3) is 3.69. The van der Waals surface area contributed by atoms with Crippen LogP contribution >= 0.6 is 0 Å². The minimum absolute atomic E-state index is 0.0182. The minimum atomic E-state index is -4.56. The predicted octanol–water partition coefficient (Wildman–Crippen LogP) is 4.37. The predicted molar refractivity (Wildman–Crippen MR) is 108 cm³/mol. The number of rotatable bonds is 4. The summed E-state index contributed by atoms with van der Waals surface area (Å²) >= 11 is 0. The van der Waals surface area contributed by atoms with E-state index in [2.05, 4.69) is 10.1 Å². The fraction of sp³-hybridized carbons (Fsp3) is 0.286. The van der Waals surface area contributed by atoms with E-state index in [-0.39, 0.29) is 22.9 Å². The molecule has 4 aromatic rings. The Hall–Kier alpha value is -3.56. The van der Waals surface area contributed by atoms with Crippen molar-refractivity contribution in [1.29, 1.82) is 0 Å². The molecule has 0 amide bonds. The summed E-state index contributed by atoms with van der Waals surface area (Å²) in [6.45, 7) is 3.94. The van der Waals surface area contributed by atoms with Crippen LogP contribution < -0.4 is 10.3 Å². The van der Waals surface area contributed by atoms with Gasteiger partial charge in [0.2, 0.25) is 5.88 Å². The van der Waals surface area contributed by atoms with Gasteiger partial charge in [0, 0.05) is 31.8 Å². The van der Waals surface area contributed by atoms with Crippen LogP contribution in [0.15, 0.2) is 47.7 Å². The molecule has 1 aromatic carbocycles. The fourth-order valence-corrected chi connectivity index (χ4v) is 3.39. The van der Waals surface area contributed by atoms with Crippen molar-refractivity contribution < 1.29 is 17.9 Å². The topological polar surface area (TPSA) is 66.4 Å². The van der Waals surface area contributed by atoms with Gasteiger partial charge >= 0.3 is 6.18 Å². The van der Waals surface area contributed by atoms with Gasteiger partial charge in [-0.2, -0.15) is 18.3 Å². The molecule has 0 saturated heterocycles. The van der Waals surface area contributed by atoms with Crippen LogP contribution in [0.2, 0.25) is 0 Å². The minimum Gasteiger partial charge on any atom is -0.439 e. The molecular weight excluding hydrogens is 411 g/mol. The van der Waals surface area contributed by atoms with Gasteiger partial charge in [0.1, 0.15) is 17.1 Å². The Morgan fingerprint density at radius 3 is 2.35 bits per heavy atom. The third-order valence-electron chi connectivity index (χ3n) is 4.92. The van der Waals surface area contributed by atoms with Crippen LogP contribution in [0.4, 0.5) is 13.2 Å². The lowest BCUT2D eigenvalue weighted by atomic mass is 10.1. The zero-order chi connectivity index (χ0) is 22.5. The first-order valence-corrected chi connectivity index (χ1v) is 9.52. The molecule has 31 heavy (non-hydrogen) atoms. The number of alkyl halides is 3. The summed E-state index contributed by atoms with van der Waals surface area (Å²) in [6.07, 6.45) is -0.0284. The lowest BCUT2D eigenvalue weighted by molar-refractivity contribution is -0.140. The van der Waals surface area contributed by atoms with Crippen molar-refractivity contribution in [2.75, 3.05) is 0 Å². The smallest absolute Gasteiger partial charge is 0.435 e. The van der Waals surface area contributed by atoms with E-state index in [1.165, 1.54) is 36.1 Å². The molecule has 7 nitrogen and oxygen atoms in total. The van der Waals surface area contributed by atoms with Crippen molar-refractivity contribution in [1.82, 2.24) is 23.7 Å². The second-order valence-corrected chi connectivity index (χ2v) is 7.55. The van der Waals surface area contributed by atoms with Crippen LogP contribution in [0.25, 0.3) is 16.6 Å². The van der Waals surface area contributed by atoms with Gasteiger partial charge in [0.05, 0.1) is 12.4 Å². The maximum absolute atomic E-state index is 13.2. The molecule has 0 fully saturated rings. The Labute approximate surface area is 175 Å². The molecule has 0 atom stereocenters. The molecule has 0 radical (unpaired) electrons.